The van der Waals surface area contributed by atoms with Crippen molar-refractivity contribution < 1.29 is 17.6 Å². The molecule has 0 unspecified atom stereocenters. The summed E-state index contributed by atoms with van der Waals surface area (Å²) in [5.74, 6) is -0.788. The van der Waals surface area contributed by atoms with Crippen LogP contribution in [-0.2, 0) is 6.18 Å². The molecule has 1 heterocycles. The smallest absolute Gasteiger partial charge is 0.314 e. The van der Waals surface area contributed by atoms with E-state index in [0.717, 1.165) is 11.6 Å². The topological polar surface area (TPSA) is 15.3 Å². The van der Waals surface area contributed by atoms with Crippen LogP contribution in [0.4, 0.5) is 17.6 Å². The molecule has 1 aliphatic rings. The molecule has 0 aliphatic carbocycles. The van der Waals surface area contributed by atoms with Crippen LogP contribution in [0.1, 0.15) is 30.5 Å². The van der Waals surface area contributed by atoms with E-state index in [1.165, 1.54) is 0 Å². The SMILES string of the molecule is C=C(C)C[C@H](c1cc(C(F)(F)F)cc(Cl)c1F)N1CCNCC1. The van der Waals surface area contributed by atoms with E-state index < -0.39 is 28.6 Å². The molecule has 0 saturated carbocycles. The largest absolute Gasteiger partial charge is 0.416 e. The van der Waals surface area contributed by atoms with Gasteiger partial charge in [0, 0.05) is 37.8 Å². The van der Waals surface area contributed by atoms with Crippen LogP contribution in [0.2, 0.25) is 5.02 Å². The number of hydrogen-bond acceptors (Lipinski definition) is 2. The Balaban J connectivity index is 2.48. The summed E-state index contributed by atoms with van der Waals surface area (Å²) in [7, 11) is 0. The summed E-state index contributed by atoms with van der Waals surface area (Å²) in [4.78, 5) is 1.97. The summed E-state index contributed by atoms with van der Waals surface area (Å²) < 4.78 is 53.5. The quantitative estimate of drug-likeness (QED) is 0.639. The third-order valence-corrected chi connectivity index (χ3v) is 4.15. The summed E-state index contributed by atoms with van der Waals surface area (Å²) in [6.07, 6.45) is -4.18. The van der Waals surface area contributed by atoms with E-state index >= 15 is 0 Å². The van der Waals surface area contributed by atoms with Gasteiger partial charge in [-0.25, -0.2) is 4.39 Å². The van der Waals surface area contributed by atoms with Crippen LogP contribution in [0.25, 0.3) is 0 Å². The van der Waals surface area contributed by atoms with E-state index in [1.54, 1.807) is 6.92 Å². The molecule has 0 radical (unpaired) electrons. The van der Waals surface area contributed by atoms with Crippen molar-refractivity contribution in [2.75, 3.05) is 26.2 Å². The van der Waals surface area contributed by atoms with Crippen molar-refractivity contribution in [3.8, 4) is 0 Å². The predicted molar refractivity (Wildman–Crippen MR) is 83.0 cm³/mol. The number of piperazine rings is 1. The summed E-state index contributed by atoms with van der Waals surface area (Å²) >= 11 is 5.72. The zero-order valence-electron chi connectivity index (χ0n) is 12.8. The van der Waals surface area contributed by atoms with Crippen LogP contribution in [0.5, 0.6) is 0 Å². The Morgan fingerprint density at radius 3 is 2.48 bits per heavy atom. The molecule has 1 N–H and O–H groups in total. The highest BCUT2D eigenvalue weighted by Crippen LogP contribution is 2.38. The summed E-state index contributed by atoms with van der Waals surface area (Å²) in [6, 6.07) is 1.00. The molecule has 7 heteroatoms. The molecule has 0 aromatic heterocycles. The lowest BCUT2D eigenvalue weighted by molar-refractivity contribution is -0.137. The monoisotopic (exact) mass is 350 g/mol. The first kappa shape index (κ1) is 18.2. The van der Waals surface area contributed by atoms with Gasteiger partial charge in [0.25, 0.3) is 0 Å². The Bertz CT molecular complexity index is 580. The van der Waals surface area contributed by atoms with Crippen molar-refractivity contribution in [1.29, 1.82) is 0 Å². The van der Waals surface area contributed by atoms with E-state index in [9.17, 15) is 17.6 Å². The lowest BCUT2D eigenvalue weighted by Gasteiger charge is -2.36. The second-order valence-corrected chi connectivity index (χ2v) is 6.23. The Kier molecular flexibility index (Phi) is 5.70. The maximum atomic E-state index is 14.5. The van der Waals surface area contributed by atoms with E-state index in [4.69, 9.17) is 11.6 Å². The number of nitrogens with one attached hydrogen (secondary N) is 1. The molecule has 1 aliphatic heterocycles. The lowest BCUT2D eigenvalue weighted by Crippen LogP contribution is -2.45. The molecule has 1 saturated heterocycles. The molecule has 2 rings (SSSR count). The fourth-order valence-electron chi connectivity index (χ4n) is 2.78. The van der Waals surface area contributed by atoms with Gasteiger partial charge in [-0.15, -0.1) is 6.58 Å². The summed E-state index contributed by atoms with van der Waals surface area (Å²) in [5, 5.41) is 2.67. The molecular formula is C16H19ClF4N2. The minimum atomic E-state index is -4.57. The van der Waals surface area contributed by atoms with Crippen LogP contribution < -0.4 is 5.32 Å². The van der Waals surface area contributed by atoms with Crippen molar-refractivity contribution in [1.82, 2.24) is 10.2 Å². The van der Waals surface area contributed by atoms with Crippen LogP contribution in [0, 0.1) is 5.82 Å². The van der Waals surface area contributed by atoms with Gasteiger partial charge in [-0.3, -0.25) is 4.90 Å². The van der Waals surface area contributed by atoms with Gasteiger partial charge in [-0.2, -0.15) is 13.2 Å². The summed E-state index contributed by atoms with van der Waals surface area (Å²) in [5.41, 5.74) is -0.169. The molecule has 23 heavy (non-hydrogen) atoms. The number of rotatable bonds is 4. The third-order valence-electron chi connectivity index (χ3n) is 3.88. The maximum absolute atomic E-state index is 14.5. The van der Waals surface area contributed by atoms with Gasteiger partial charge in [0.05, 0.1) is 10.6 Å². The van der Waals surface area contributed by atoms with E-state index in [2.05, 4.69) is 11.9 Å². The average molecular weight is 351 g/mol. The van der Waals surface area contributed by atoms with E-state index in [0.29, 0.717) is 38.7 Å². The molecule has 1 fully saturated rings. The van der Waals surface area contributed by atoms with Crippen LogP contribution >= 0.6 is 11.6 Å². The molecule has 1 aromatic carbocycles. The van der Waals surface area contributed by atoms with Crippen molar-refractivity contribution in [3.05, 3.63) is 46.3 Å². The van der Waals surface area contributed by atoms with Crippen LogP contribution in [0.15, 0.2) is 24.3 Å². The van der Waals surface area contributed by atoms with Gasteiger partial charge >= 0.3 is 6.18 Å². The highest BCUT2D eigenvalue weighted by Gasteiger charge is 2.34. The number of alkyl halides is 3. The molecule has 0 amide bonds. The van der Waals surface area contributed by atoms with Crippen LogP contribution in [0.3, 0.4) is 0 Å². The predicted octanol–water partition coefficient (Wildman–Crippen LogP) is 4.41. The minimum absolute atomic E-state index is 0.0188. The third kappa shape index (κ3) is 4.46. The van der Waals surface area contributed by atoms with Gasteiger partial charge in [0.2, 0.25) is 0 Å². The fraction of sp³-hybridized carbons (Fsp3) is 0.500. The first-order valence-electron chi connectivity index (χ1n) is 7.35. The van der Waals surface area contributed by atoms with Gasteiger partial charge in [-0.1, -0.05) is 17.2 Å². The Morgan fingerprint density at radius 2 is 1.96 bits per heavy atom. The zero-order chi connectivity index (χ0) is 17.2. The first-order chi connectivity index (χ1) is 10.7. The molecule has 0 spiro atoms. The number of nitrogens with zero attached hydrogens (tertiary/aromatic N) is 1. The molecule has 128 valence electrons. The second-order valence-electron chi connectivity index (χ2n) is 5.82. The first-order valence-corrected chi connectivity index (χ1v) is 7.73. The number of benzene rings is 1. The molecule has 1 atom stereocenters. The lowest BCUT2D eigenvalue weighted by atomic mass is 9.95. The van der Waals surface area contributed by atoms with Crippen molar-refractivity contribution in [3.63, 3.8) is 0 Å². The van der Waals surface area contributed by atoms with Gasteiger partial charge < -0.3 is 5.32 Å². The van der Waals surface area contributed by atoms with E-state index in [-0.39, 0.29) is 5.56 Å². The standard InChI is InChI=1S/C16H19ClF4N2/c1-10(2)7-14(23-5-3-22-4-6-23)12-8-11(16(19,20)21)9-13(17)15(12)18/h8-9,14,22H,1,3-7H2,2H3/t14-/m1/s1. The molecule has 1 aromatic rings. The van der Waals surface area contributed by atoms with Crippen LogP contribution in [-0.4, -0.2) is 31.1 Å². The molecular weight excluding hydrogens is 332 g/mol. The van der Waals surface area contributed by atoms with Gasteiger partial charge in [0.15, 0.2) is 0 Å². The van der Waals surface area contributed by atoms with Gasteiger partial charge in [0.1, 0.15) is 5.82 Å². The van der Waals surface area contributed by atoms with E-state index in [1.807, 2.05) is 4.90 Å². The normalized spacial score (nSPS) is 18.0. The highest BCUT2D eigenvalue weighted by molar-refractivity contribution is 6.30. The van der Waals surface area contributed by atoms with Crippen molar-refractivity contribution in [2.45, 2.75) is 25.6 Å². The fourth-order valence-corrected chi connectivity index (χ4v) is 3.00. The van der Waals surface area contributed by atoms with Crippen molar-refractivity contribution >= 4 is 11.6 Å². The highest BCUT2D eigenvalue weighted by atomic mass is 35.5. The Labute approximate surface area is 138 Å². The average Bonchev–Trinajstić information content (AvgIpc) is 2.47. The minimum Gasteiger partial charge on any atom is -0.314 e. The number of halogens is 5. The zero-order valence-corrected chi connectivity index (χ0v) is 13.6. The maximum Gasteiger partial charge on any atom is 0.416 e. The Morgan fingerprint density at radius 1 is 1.35 bits per heavy atom. The van der Waals surface area contributed by atoms with Crippen molar-refractivity contribution in [2.24, 2.45) is 0 Å². The second kappa shape index (κ2) is 7.20. The van der Waals surface area contributed by atoms with Gasteiger partial charge in [-0.05, 0) is 25.5 Å². The summed E-state index contributed by atoms with van der Waals surface area (Å²) in [6.45, 7) is 8.28. The molecule has 0 bridgehead atoms. The number of hydrogen-bond donors (Lipinski definition) is 1. The Hall–Kier alpha value is -1.11. The molecule has 2 nitrogen and oxygen atoms in total.